The number of carbonyl (C=O) groups excluding carboxylic acids is 1. The van der Waals surface area contributed by atoms with Gasteiger partial charge in [-0.05, 0) is 67.6 Å². The van der Waals surface area contributed by atoms with Crippen molar-refractivity contribution in [2.75, 3.05) is 6.54 Å². The lowest BCUT2D eigenvalue weighted by atomic mass is 10.0. The van der Waals surface area contributed by atoms with Crippen LogP contribution in [0, 0.1) is 0 Å². The predicted octanol–water partition coefficient (Wildman–Crippen LogP) is 4.63. The fourth-order valence-electron chi connectivity index (χ4n) is 3.58. The van der Waals surface area contributed by atoms with Gasteiger partial charge in [0.2, 0.25) is 0 Å². The van der Waals surface area contributed by atoms with E-state index in [9.17, 15) is 14.4 Å². The standard InChI is InChI=1S/C25H24Cl2N2O4/c1-2-28-23(30)19-5-3-4-17(14-19)8-11-22-20(26)15-21(27)24(31)29(22)13-12-16-6-9-18(10-7-16)25(32)33/h3-7,9-10,14-15H,2,8,11-13H2,1H3,(H,28,30)(H,32,33). The molecular formula is C25H24Cl2N2O4. The molecule has 1 heterocycles. The molecule has 2 aromatic carbocycles. The summed E-state index contributed by atoms with van der Waals surface area (Å²) in [7, 11) is 0. The van der Waals surface area contributed by atoms with E-state index < -0.39 is 5.97 Å². The lowest BCUT2D eigenvalue weighted by molar-refractivity contribution is 0.0696. The van der Waals surface area contributed by atoms with E-state index in [4.69, 9.17) is 28.3 Å². The van der Waals surface area contributed by atoms with Gasteiger partial charge in [-0.1, -0.05) is 47.5 Å². The lowest BCUT2D eigenvalue weighted by Crippen LogP contribution is -2.26. The highest BCUT2D eigenvalue weighted by Crippen LogP contribution is 2.21. The normalized spacial score (nSPS) is 10.8. The number of nitrogens with zero attached hydrogens (tertiary/aromatic N) is 1. The summed E-state index contributed by atoms with van der Waals surface area (Å²) in [5.74, 6) is -1.12. The molecule has 6 nitrogen and oxygen atoms in total. The van der Waals surface area contributed by atoms with Crippen molar-refractivity contribution in [1.29, 1.82) is 0 Å². The highest BCUT2D eigenvalue weighted by Gasteiger charge is 2.14. The van der Waals surface area contributed by atoms with Crippen molar-refractivity contribution in [2.45, 2.75) is 32.7 Å². The number of benzene rings is 2. The van der Waals surface area contributed by atoms with E-state index in [1.165, 1.54) is 18.2 Å². The second-order valence-electron chi connectivity index (χ2n) is 7.56. The third kappa shape index (κ3) is 6.24. The fraction of sp³-hybridized carbons (Fsp3) is 0.240. The summed E-state index contributed by atoms with van der Waals surface area (Å²) >= 11 is 12.6. The number of aryl methyl sites for hydroxylation is 2. The molecule has 172 valence electrons. The van der Waals surface area contributed by atoms with E-state index in [1.807, 2.05) is 25.1 Å². The van der Waals surface area contributed by atoms with E-state index in [0.717, 1.165) is 11.1 Å². The van der Waals surface area contributed by atoms with Gasteiger partial charge in [0.25, 0.3) is 11.5 Å². The van der Waals surface area contributed by atoms with Crippen molar-refractivity contribution < 1.29 is 14.7 Å². The van der Waals surface area contributed by atoms with Crippen LogP contribution in [0.2, 0.25) is 10.0 Å². The SMILES string of the molecule is CCNC(=O)c1cccc(CCc2c(Cl)cc(Cl)c(=O)n2CCc2ccc(C(=O)O)cc2)c1. The maximum Gasteiger partial charge on any atom is 0.335 e. The number of pyridine rings is 1. The van der Waals surface area contributed by atoms with Gasteiger partial charge >= 0.3 is 5.97 Å². The zero-order valence-electron chi connectivity index (χ0n) is 18.1. The minimum atomic E-state index is -0.988. The fourth-order valence-corrected chi connectivity index (χ4v) is 4.15. The van der Waals surface area contributed by atoms with E-state index in [0.29, 0.717) is 48.6 Å². The molecule has 3 rings (SSSR count). The van der Waals surface area contributed by atoms with Crippen LogP contribution in [0.15, 0.2) is 59.4 Å². The molecular weight excluding hydrogens is 463 g/mol. The van der Waals surface area contributed by atoms with Crippen LogP contribution >= 0.6 is 23.2 Å². The monoisotopic (exact) mass is 486 g/mol. The maximum absolute atomic E-state index is 12.8. The van der Waals surface area contributed by atoms with Crippen LogP contribution in [0.4, 0.5) is 0 Å². The number of halogens is 2. The van der Waals surface area contributed by atoms with Crippen molar-refractivity contribution in [2.24, 2.45) is 0 Å². The van der Waals surface area contributed by atoms with E-state index in [-0.39, 0.29) is 22.1 Å². The lowest BCUT2D eigenvalue weighted by Gasteiger charge is -2.16. The number of hydrogen-bond donors (Lipinski definition) is 2. The van der Waals surface area contributed by atoms with Crippen LogP contribution in [0.5, 0.6) is 0 Å². The molecule has 0 aliphatic heterocycles. The van der Waals surface area contributed by atoms with Gasteiger partial charge in [0.15, 0.2) is 0 Å². The van der Waals surface area contributed by atoms with Crippen molar-refractivity contribution in [3.05, 3.63) is 103 Å². The molecule has 1 aromatic heterocycles. The molecule has 0 aliphatic rings. The summed E-state index contributed by atoms with van der Waals surface area (Å²) in [5.41, 5.74) is 2.97. The molecule has 0 saturated carbocycles. The second-order valence-corrected chi connectivity index (χ2v) is 8.37. The van der Waals surface area contributed by atoms with Gasteiger partial charge in [-0.3, -0.25) is 9.59 Å². The third-order valence-electron chi connectivity index (χ3n) is 5.31. The number of carbonyl (C=O) groups is 2. The van der Waals surface area contributed by atoms with Crippen molar-refractivity contribution >= 4 is 35.1 Å². The molecule has 8 heteroatoms. The number of nitrogens with one attached hydrogen (secondary N) is 1. The van der Waals surface area contributed by atoms with E-state index >= 15 is 0 Å². The molecule has 0 saturated heterocycles. The van der Waals surface area contributed by atoms with Crippen LogP contribution in [0.25, 0.3) is 0 Å². The molecule has 2 N–H and O–H groups in total. The molecule has 0 spiro atoms. The zero-order chi connectivity index (χ0) is 24.0. The van der Waals surface area contributed by atoms with E-state index in [2.05, 4.69) is 5.32 Å². The number of carboxylic acids is 1. The highest BCUT2D eigenvalue weighted by molar-refractivity contribution is 6.34. The largest absolute Gasteiger partial charge is 0.478 e. The second kappa shape index (κ2) is 11.2. The van der Waals surface area contributed by atoms with Crippen LogP contribution in [0.3, 0.4) is 0 Å². The molecule has 3 aromatic rings. The average molecular weight is 487 g/mol. The first kappa shape index (κ1) is 24.6. The Bertz CT molecular complexity index is 1220. The van der Waals surface area contributed by atoms with Gasteiger partial charge in [0.05, 0.1) is 10.6 Å². The number of aromatic nitrogens is 1. The molecule has 0 radical (unpaired) electrons. The zero-order valence-corrected chi connectivity index (χ0v) is 19.6. The topological polar surface area (TPSA) is 88.4 Å². The Morgan fingerprint density at radius 2 is 1.64 bits per heavy atom. The Morgan fingerprint density at radius 3 is 2.30 bits per heavy atom. The average Bonchev–Trinajstić information content (AvgIpc) is 2.80. The Morgan fingerprint density at radius 1 is 0.909 bits per heavy atom. The van der Waals surface area contributed by atoms with Crippen molar-refractivity contribution in [3.63, 3.8) is 0 Å². The van der Waals surface area contributed by atoms with Gasteiger partial charge in [-0.15, -0.1) is 0 Å². The minimum absolute atomic E-state index is 0.0446. The Kier molecular flexibility index (Phi) is 8.31. The summed E-state index contributed by atoms with van der Waals surface area (Å²) in [6.07, 6.45) is 1.58. The molecule has 0 bridgehead atoms. The summed E-state index contributed by atoms with van der Waals surface area (Å²) in [5, 5.41) is 12.3. The molecule has 0 aliphatic carbocycles. The van der Waals surface area contributed by atoms with Crippen molar-refractivity contribution in [1.82, 2.24) is 9.88 Å². The molecule has 0 atom stereocenters. The quantitative estimate of drug-likeness (QED) is 0.461. The van der Waals surface area contributed by atoms with Gasteiger partial charge in [0.1, 0.15) is 5.02 Å². The third-order valence-corrected chi connectivity index (χ3v) is 5.90. The van der Waals surface area contributed by atoms with Gasteiger partial charge in [-0.25, -0.2) is 4.79 Å². The summed E-state index contributed by atoms with van der Waals surface area (Å²) < 4.78 is 1.57. The Labute approximate surface area is 201 Å². The van der Waals surface area contributed by atoms with Gasteiger partial charge in [0, 0.05) is 24.3 Å². The molecule has 0 unspecified atom stereocenters. The first-order valence-electron chi connectivity index (χ1n) is 10.6. The van der Waals surface area contributed by atoms with E-state index in [1.54, 1.807) is 22.8 Å². The summed E-state index contributed by atoms with van der Waals surface area (Å²) in [6, 6.07) is 15.3. The first-order chi connectivity index (χ1) is 15.8. The predicted molar refractivity (Wildman–Crippen MR) is 130 cm³/mol. The van der Waals surface area contributed by atoms with Gasteiger partial charge in [-0.2, -0.15) is 0 Å². The smallest absolute Gasteiger partial charge is 0.335 e. The summed E-state index contributed by atoms with van der Waals surface area (Å²) in [6.45, 7) is 2.76. The highest BCUT2D eigenvalue weighted by atomic mass is 35.5. The van der Waals surface area contributed by atoms with Crippen LogP contribution in [0.1, 0.15) is 44.5 Å². The number of aromatic carboxylic acids is 1. The Balaban J connectivity index is 1.80. The number of hydrogen-bond acceptors (Lipinski definition) is 3. The molecule has 0 fully saturated rings. The number of amides is 1. The first-order valence-corrected chi connectivity index (χ1v) is 11.3. The van der Waals surface area contributed by atoms with Crippen molar-refractivity contribution in [3.8, 4) is 0 Å². The molecule has 33 heavy (non-hydrogen) atoms. The molecule has 1 amide bonds. The maximum atomic E-state index is 12.8. The van der Waals surface area contributed by atoms with Crippen LogP contribution in [-0.2, 0) is 25.8 Å². The van der Waals surface area contributed by atoms with Crippen LogP contribution < -0.4 is 10.9 Å². The summed E-state index contributed by atoms with van der Waals surface area (Å²) in [4.78, 5) is 35.9. The van der Waals surface area contributed by atoms with Gasteiger partial charge < -0.3 is 15.0 Å². The number of rotatable bonds is 9. The number of carboxylic acid groups (broad SMARTS) is 1. The minimum Gasteiger partial charge on any atom is -0.478 e. The Hall–Kier alpha value is -3.09. The van der Waals surface area contributed by atoms with Crippen LogP contribution in [-0.4, -0.2) is 28.1 Å².